The van der Waals surface area contributed by atoms with E-state index < -0.39 is 15.6 Å². The SMILES string of the molecule is CN(Cc1ccccn1)C(=O)C1=NO[C@@]2(CCN(S(=O)(=O)c3cccs3)C2)C1. The van der Waals surface area contributed by atoms with Gasteiger partial charge in [-0.3, -0.25) is 9.78 Å². The van der Waals surface area contributed by atoms with E-state index in [0.29, 0.717) is 35.9 Å². The van der Waals surface area contributed by atoms with Crippen molar-refractivity contribution in [2.45, 2.75) is 29.2 Å². The molecule has 0 bridgehead atoms. The van der Waals surface area contributed by atoms with Crippen molar-refractivity contribution in [3.05, 3.63) is 47.6 Å². The molecule has 4 heterocycles. The van der Waals surface area contributed by atoms with Gasteiger partial charge in [-0.15, -0.1) is 11.3 Å². The van der Waals surface area contributed by atoms with Crippen LogP contribution in [0.4, 0.5) is 0 Å². The second-order valence-corrected chi connectivity index (χ2v) is 10.1. The first-order chi connectivity index (χ1) is 13.4. The first-order valence-electron chi connectivity index (χ1n) is 8.84. The van der Waals surface area contributed by atoms with Crippen molar-refractivity contribution < 1.29 is 18.0 Å². The zero-order valence-corrected chi connectivity index (χ0v) is 16.9. The van der Waals surface area contributed by atoms with E-state index in [9.17, 15) is 13.2 Å². The molecule has 8 nitrogen and oxygen atoms in total. The Bertz CT molecular complexity index is 992. The average Bonchev–Trinajstić information content (AvgIpc) is 3.44. The molecule has 10 heteroatoms. The smallest absolute Gasteiger partial charge is 0.271 e. The van der Waals surface area contributed by atoms with Crippen LogP contribution in [-0.2, 0) is 26.2 Å². The number of pyridine rings is 1. The predicted octanol–water partition coefficient (Wildman–Crippen LogP) is 1.71. The number of hydrogen-bond donors (Lipinski definition) is 0. The van der Waals surface area contributed by atoms with Gasteiger partial charge in [0.15, 0.2) is 5.60 Å². The van der Waals surface area contributed by atoms with Crippen LogP contribution in [0.15, 0.2) is 51.3 Å². The van der Waals surface area contributed by atoms with Crippen molar-refractivity contribution in [1.82, 2.24) is 14.2 Å². The molecule has 0 saturated carbocycles. The number of nitrogens with zero attached hydrogens (tertiary/aromatic N) is 4. The van der Waals surface area contributed by atoms with Gasteiger partial charge in [0.1, 0.15) is 9.92 Å². The minimum Gasteiger partial charge on any atom is -0.387 e. The Balaban J connectivity index is 1.40. The number of aromatic nitrogens is 1. The number of carbonyl (C=O) groups excluding carboxylic acids is 1. The lowest BCUT2D eigenvalue weighted by atomic mass is 9.96. The molecule has 2 aromatic rings. The molecule has 148 valence electrons. The minimum absolute atomic E-state index is 0.192. The third-order valence-corrected chi connectivity index (χ3v) is 8.15. The molecule has 0 unspecified atom stereocenters. The summed E-state index contributed by atoms with van der Waals surface area (Å²) < 4.78 is 27.2. The lowest BCUT2D eigenvalue weighted by molar-refractivity contribution is -0.123. The number of sulfonamides is 1. The zero-order chi connectivity index (χ0) is 19.8. The largest absolute Gasteiger partial charge is 0.387 e. The molecule has 1 spiro atoms. The maximum Gasteiger partial charge on any atom is 0.271 e. The highest BCUT2D eigenvalue weighted by molar-refractivity contribution is 7.91. The van der Waals surface area contributed by atoms with Gasteiger partial charge in [0.25, 0.3) is 15.9 Å². The number of carbonyl (C=O) groups is 1. The standard InChI is InChI=1S/C18H20N4O4S2/c1-21(12-14-5-2-3-8-19-14)17(23)15-11-18(26-20-15)7-9-22(13-18)28(24,25)16-6-4-10-27-16/h2-6,8,10H,7,9,11-13H2,1H3/t18-/m0/s1. The monoisotopic (exact) mass is 420 g/mol. The Morgan fingerprint density at radius 2 is 2.21 bits per heavy atom. The molecule has 1 amide bonds. The van der Waals surface area contributed by atoms with Crippen LogP contribution in [0, 0.1) is 0 Å². The molecule has 2 aromatic heterocycles. The van der Waals surface area contributed by atoms with Crippen molar-refractivity contribution in [1.29, 1.82) is 0 Å². The lowest BCUT2D eigenvalue weighted by Crippen LogP contribution is -2.38. The summed E-state index contributed by atoms with van der Waals surface area (Å²) in [5.41, 5.74) is 0.330. The molecule has 2 aliphatic heterocycles. The fourth-order valence-corrected chi connectivity index (χ4v) is 6.09. The van der Waals surface area contributed by atoms with Gasteiger partial charge in [0.05, 0.1) is 18.8 Å². The Kier molecular flexibility index (Phi) is 4.94. The van der Waals surface area contributed by atoms with E-state index in [1.165, 1.54) is 15.6 Å². The van der Waals surface area contributed by atoms with Crippen LogP contribution in [0.2, 0.25) is 0 Å². The second-order valence-electron chi connectivity index (χ2n) is 6.99. The number of hydrogen-bond acceptors (Lipinski definition) is 7. The number of rotatable bonds is 5. The Hall–Kier alpha value is -2.30. The fraction of sp³-hybridized carbons (Fsp3) is 0.389. The third-order valence-electron chi connectivity index (χ3n) is 4.93. The van der Waals surface area contributed by atoms with Crippen LogP contribution >= 0.6 is 11.3 Å². The number of thiophene rings is 1. The van der Waals surface area contributed by atoms with Gasteiger partial charge in [-0.25, -0.2) is 8.42 Å². The summed E-state index contributed by atoms with van der Waals surface area (Å²) in [4.78, 5) is 24.1. The summed E-state index contributed by atoms with van der Waals surface area (Å²) in [5, 5.41) is 5.74. The van der Waals surface area contributed by atoms with Crippen LogP contribution in [0.5, 0.6) is 0 Å². The van der Waals surface area contributed by atoms with Crippen LogP contribution < -0.4 is 0 Å². The summed E-state index contributed by atoms with van der Waals surface area (Å²) >= 11 is 1.19. The topological polar surface area (TPSA) is 92.2 Å². The molecule has 0 aliphatic carbocycles. The summed E-state index contributed by atoms with van der Waals surface area (Å²) in [6.45, 7) is 0.906. The predicted molar refractivity (Wildman–Crippen MR) is 104 cm³/mol. The average molecular weight is 421 g/mol. The van der Waals surface area contributed by atoms with E-state index in [1.807, 2.05) is 18.2 Å². The Morgan fingerprint density at radius 1 is 1.36 bits per heavy atom. The molecule has 0 N–H and O–H groups in total. The molecular weight excluding hydrogens is 400 g/mol. The highest BCUT2D eigenvalue weighted by Crippen LogP contribution is 2.37. The maximum atomic E-state index is 12.7. The summed E-state index contributed by atoms with van der Waals surface area (Å²) in [7, 11) is -1.85. The highest BCUT2D eigenvalue weighted by atomic mass is 32.2. The third kappa shape index (κ3) is 3.54. The van der Waals surface area contributed by atoms with Crippen LogP contribution in [0.1, 0.15) is 18.5 Å². The number of amides is 1. The van der Waals surface area contributed by atoms with Gasteiger partial charge < -0.3 is 9.74 Å². The van der Waals surface area contributed by atoms with Gasteiger partial charge in [-0.05, 0) is 23.6 Å². The van der Waals surface area contributed by atoms with E-state index in [2.05, 4.69) is 10.1 Å². The van der Waals surface area contributed by atoms with Gasteiger partial charge in [-0.2, -0.15) is 4.31 Å². The van der Waals surface area contributed by atoms with Crippen molar-refractivity contribution in [2.75, 3.05) is 20.1 Å². The minimum atomic E-state index is -3.54. The molecule has 0 radical (unpaired) electrons. The van der Waals surface area contributed by atoms with Crippen molar-refractivity contribution in [2.24, 2.45) is 5.16 Å². The summed E-state index contributed by atoms with van der Waals surface area (Å²) in [5.74, 6) is -0.234. The normalized spacial score (nSPS) is 22.2. The first-order valence-corrected chi connectivity index (χ1v) is 11.2. The zero-order valence-electron chi connectivity index (χ0n) is 15.3. The van der Waals surface area contributed by atoms with Gasteiger partial charge >= 0.3 is 0 Å². The van der Waals surface area contributed by atoms with Gasteiger partial charge in [-0.1, -0.05) is 17.3 Å². The van der Waals surface area contributed by atoms with Crippen LogP contribution in [0.3, 0.4) is 0 Å². The van der Waals surface area contributed by atoms with E-state index in [1.54, 1.807) is 35.7 Å². The highest BCUT2D eigenvalue weighted by Gasteiger charge is 2.50. The van der Waals surface area contributed by atoms with E-state index in [0.717, 1.165) is 5.69 Å². The van der Waals surface area contributed by atoms with Crippen molar-refractivity contribution in [3.8, 4) is 0 Å². The summed E-state index contributed by atoms with van der Waals surface area (Å²) in [6, 6.07) is 8.85. The summed E-state index contributed by atoms with van der Waals surface area (Å²) in [6.07, 6.45) is 2.48. The molecule has 0 aromatic carbocycles. The Morgan fingerprint density at radius 3 is 2.93 bits per heavy atom. The molecule has 1 saturated heterocycles. The van der Waals surface area contributed by atoms with Crippen LogP contribution in [-0.4, -0.2) is 60.0 Å². The van der Waals surface area contributed by atoms with E-state index >= 15 is 0 Å². The molecular formula is C18H20N4O4S2. The molecule has 2 aliphatic rings. The first kappa shape index (κ1) is 19.0. The van der Waals surface area contributed by atoms with Gasteiger partial charge in [0.2, 0.25) is 0 Å². The van der Waals surface area contributed by atoms with Crippen LogP contribution in [0.25, 0.3) is 0 Å². The van der Waals surface area contributed by atoms with Crippen molar-refractivity contribution in [3.63, 3.8) is 0 Å². The fourth-order valence-electron chi connectivity index (χ4n) is 3.43. The number of oxime groups is 1. The van der Waals surface area contributed by atoms with Gasteiger partial charge in [0, 0.05) is 32.6 Å². The maximum absolute atomic E-state index is 12.7. The lowest BCUT2D eigenvalue weighted by Gasteiger charge is -2.21. The van der Waals surface area contributed by atoms with Crippen molar-refractivity contribution >= 4 is 33.0 Å². The van der Waals surface area contributed by atoms with E-state index in [-0.39, 0.29) is 12.5 Å². The molecule has 1 fully saturated rings. The molecule has 1 atom stereocenters. The van der Waals surface area contributed by atoms with E-state index in [4.69, 9.17) is 4.84 Å². The molecule has 28 heavy (non-hydrogen) atoms. The molecule has 4 rings (SSSR count). The second kappa shape index (κ2) is 7.26. The Labute approximate surface area is 167 Å². The quantitative estimate of drug-likeness (QED) is 0.734.